The molecule has 0 aromatic heterocycles. The predicted octanol–water partition coefficient (Wildman–Crippen LogP) is 5.33. The summed E-state index contributed by atoms with van der Waals surface area (Å²) in [7, 11) is 0. The Morgan fingerprint density at radius 1 is 0.652 bits per heavy atom. The summed E-state index contributed by atoms with van der Waals surface area (Å²) in [6.45, 7) is 1.72. The SMILES string of the molecule is CC(OC(C)C1=C(Cl)C(F)(F)C1(F)F)C1=C(Cl)C(F)(F)C1(F)F. The molecular formula is C12H8Cl2F8O. The number of ether oxygens (including phenoxy) is 1. The molecule has 0 aliphatic heterocycles. The average molecular weight is 391 g/mol. The zero-order valence-electron chi connectivity index (χ0n) is 11.3. The van der Waals surface area contributed by atoms with E-state index in [2.05, 4.69) is 0 Å². The van der Waals surface area contributed by atoms with Crippen LogP contribution in [0, 0.1) is 0 Å². The van der Waals surface area contributed by atoms with Crippen LogP contribution in [0.2, 0.25) is 0 Å². The topological polar surface area (TPSA) is 9.23 Å². The van der Waals surface area contributed by atoms with Crippen molar-refractivity contribution in [2.45, 2.75) is 49.7 Å². The van der Waals surface area contributed by atoms with Gasteiger partial charge in [0.05, 0.1) is 23.4 Å². The van der Waals surface area contributed by atoms with Gasteiger partial charge in [0.2, 0.25) is 0 Å². The molecular weight excluding hydrogens is 383 g/mol. The van der Waals surface area contributed by atoms with Crippen LogP contribution >= 0.6 is 23.2 Å². The first-order valence-electron chi connectivity index (χ1n) is 6.09. The molecule has 0 bridgehead atoms. The minimum atomic E-state index is -4.62. The summed E-state index contributed by atoms with van der Waals surface area (Å²) in [5.41, 5.74) is -2.58. The lowest BCUT2D eigenvalue weighted by atomic mass is 9.83. The van der Waals surface area contributed by atoms with E-state index in [0.29, 0.717) is 0 Å². The smallest absolute Gasteiger partial charge is 0.350 e. The molecule has 2 aliphatic rings. The average Bonchev–Trinajstić information content (AvgIpc) is 2.37. The van der Waals surface area contributed by atoms with Crippen LogP contribution in [0.3, 0.4) is 0 Å². The van der Waals surface area contributed by atoms with Crippen molar-refractivity contribution in [1.82, 2.24) is 0 Å². The third kappa shape index (κ3) is 2.15. The summed E-state index contributed by atoms with van der Waals surface area (Å²) >= 11 is 10.2. The van der Waals surface area contributed by atoms with Crippen molar-refractivity contribution in [2.75, 3.05) is 0 Å². The second kappa shape index (κ2) is 4.98. The molecule has 0 amide bonds. The van der Waals surface area contributed by atoms with Crippen LogP contribution < -0.4 is 0 Å². The first-order valence-corrected chi connectivity index (χ1v) is 6.85. The Labute approximate surface area is 134 Å². The van der Waals surface area contributed by atoms with E-state index in [-0.39, 0.29) is 0 Å². The van der Waals surface area contributed by atoms with Crippen molar-refractivity contribution in [3.63, 3.8) is 0 Å². The lowest BCUT2D eigenvalue weighted by molar-refractivity contribution is -0.206. The van der Waals surface area contributed by atoms with Crippen molar-refractivity contribution in [3.8, 4) is 0 Å². The molecule has 132 valence electrons. The zero-order chi connectivity index (χ0) is 18.2. The molecule has 2 rings (SSSR count). The minimum absolute atomic E-state index is 0.862. The van der Waals surface area contributed by atoms with E-state index in [1.165, 1.54) is 0 Å². The van der Waals surface area contributed by atoms with E-state index in [4.69, 9.17) is 27.9 Å². The number of rotatable bonds is 4. The molecule has 0 radical (unpaired) electrons. The summed E-state index contributed by atoms with van der Waals surface area (Å²) in [6.07, 6.45) is -3.62. The standard InChI is InChI=1S/C12H8Cl2F8O/c1-3(5-7(13)11(19,20)9(5,15)16)23-4(2)6-8(14)12(21,22)10(6,17)18/h3-4H,1-2H3. The molecule has 0 heterocycles. The number of hydrogen-bond acceptors (Lipinski definition) is 1. The number of allylic oxidation sites excluding steroid dienone is 2. The highest BCUT2D eigenvalue weighted by atomic mass is 35.5. The third-order valence-corrected chi connectivity index (χ3v) is 4.59. The second-order valence-electron chi connectivity index (χ2n) is 5.17. The van der Waals surface area contributed by atoms with E-state index in [1.54, 1.807) is 0 Å². The van der Waals surface area contributed by atoms with Crippen LogP contribution in [-0.4, -0.2) is 35.9 Å². The molecule has 2 unspecified atom stereocenters. The molecule has 0 saturated heterocycles. The molecule has 2 aliphatic carbocycles. The van der Waals surface area contributed by atoms with Gasteiger partial charge in [-0.25, -0.2) is 0 Å². The normalized spacial score (nSPS) is 29.7. The number of hydrogen-bond donors (Lipinski definition) is 0. The molecule has 23 heavy (non-hydrogen) atoms. The van der Waals surface area contributed by atoms with Crippen molar-refractivity contribution >= 4 is 23.2 Å². The van der Waals surface area contributed by atoms with E-state index in [1.807, 2.05) is 0 Å². The summed E-state index contributed by atoms with van der Waals surface area (Å²) in [5, 5.41) is -2.93. The summed E-state index contributed by atoms with van der Waals surface area (Å²) in [6, 6.07) is 0. The van der Waals surface area contributed by atoms with Crippen LogP contribution in [0.5, 0.6) is 0 Å². The fourth-order valence-corrected chi connectivity index (χ4v) is 3.19. The molecule has 0 aromatic carbocycles. The van der Waals surface area contributed by atoms with Gasteiger partial charge in [-0.15, -0.1) is 0 Å². The van der Waals surface area contributed by atoms with Gasteiger partial charge in [-0.1, -0.05) is 23.2 Å². The van der Waals surface area contributed by atoms with Gasteiger partial charge in [-0.2, -0.15) is 35.1 Å². The largest absolute Gasteiger partial charge is 0.366 e. The zero-order valence-corrected chi connectivity index (χ0v) is 12.9. The fraction of sp³-hybridized carbons (Fsp3) is 0.667. The Hall–Kier alpha value is -0.540. The Kier molecular flexibility index (Phi) is 4.07. The van der Waals surface area contributed by atoms with Gasteiger partial charge in [0.25, 0.3) is 0 Å². The summed E-state index contributed by atoms with van der Waals surface area (Å²) in [5.74, 6) is -18.4. The molecule has 1 nitrogen and oxygen atoms in total. The van der Waals surface area contributed by atoms with Gasteiger partial charge < -0.3 is 4.74 Å². The quantitative estimate of drug-likeness (QED) is 0.589. The van der Waals surface area contributed by atoms with Crippen molar-refractivity contribution in [3.05, 3.63) is 21.2 Å². The van der Waals surface area contributed by atoms with Crippen LogP contribution in [-0.2, 0) is 4.74 Å². The van der Waals surface area contributed by atoms with Crippen LogP contribution in [0.4, 0.5) is 35.1 Å². The van der Waals surface area contributed by atoms with Gasteiger partial charge in [0.15, 0.2) is 0 Å². The Morgan fingerprint density at radius 2 is 0.913 bits per heavy atom. The highest BCUT2D eigenvalue weighted by Crippen LogP contribution is 2.60. The van der Waals surface area contributed by atoms with E-state index in [9.17, 15) is 35.1 Å². The van der Waals surface area contributed by atoms with Crippen LogP contribution in [0.25, 0.3) is 0 Å². The minimum Gasteiger partial charge on any atom is -0.366 e. The molecule has 0 fully saturated rings. The molecule has 0 spiro atoms. The molecule has 0 saturated carbocycles. The maximum atomic E-state index is 13.3. The van der Waals surface area contributed by atoms with Gasteiger partial charge in [-0.3, -0.25) is 0 Å². The van der Waals surface area contributed by atoms with Crippen LogP contribution in [0.1, 0.15) is 13.8 Å². The van der Waals surface area contributed by atoms with E-state index in [0.717, 1.165) is 13.8 Å². The van der Waals surface area contributed by atoms with Crippen molar-refractivity contribution in [2.24, 2.45) is 0 Å². The van der Waals surface area contributed by atoms with Gasteiger partial charge in [-0.05, 0) is 13.8 Å². The van der Waals surface area contributed by atoms with Crippen molar-refractivity contribution in [1.29, 1.82) is 0 Å². The predicted molar refractivity (Wildman–Crippen MR) is 65.6 cm³/mol. The number of alkyl halides is 8. The van der Waals surface area contributed by atoms with Gasteiger partial charge in [0.1, 0.15) is 10.1 Å². The summed E-state index contributed by atoms with van der Waals surface area (Å²) in [4.78, 5) is 0. The lowest BCUT2D eigenvalue weighted by Gasteiger charge is -2.43. The van der Waals surface area contributed by atoms with Crippen molar-refractivity contribution < 1.29 is 39.9 Å². The fourth-order valence-electron chi connectivity index (χ4n) is 2.41. The Balaban J connectivity index is 2.22. The van der Waals surface area contributed by atoms with E-state index >= 15 is 0 Å². The highest BCUT2D eigenvalue weighted by molar-refractivity contribution is 6.32. The molecule has 0 aromatic rings. The summed E-state index contributed by atoms with van der Waals surface area (Å²) < 4.78 is 110. The monoisotopic (exact) mass is 390 g/mol. The van der Waals surface area contributed by atoms with Crippen LogP contribution in [0.15, 0.2) is 21.2 Å². The second-order valence-corrected chi connectivity index (χ2v) is 5.93. The Morgan fingerprint density at radius 3 is 1.13 bits per heavy atom. The first-order chi connectivity index (χ1) is 10.1. The number of halogens is 10. The molecule has 11 heteroatoms. The maximum Gasteiger partial charge on any atom is 0.350 e. The third-order valence-electron chi connectivity index (χ3n) is 3.71. The first kappa shape index (κ1) is 18.8. The maximum absolute atomic E-state index is 13.3. The van der Waals surface area contributed by atoms with E-state index < -0.39 is 57.1 Å². The molecule has 0 N–H and O–H groups in total. The Bertz CT molecular complexity index is 558. The van der Waals surface area contributed by atoms with Gasteiger partial charge >= 0.3 is 23.7 Å². The molecule has 2 atom stereocenters. The van der Waals surface area contributed by atoms with Gasteiger partial charge in [0, 0.05) is 0 Å². The highest BCUT2D eigenvalue weighted by Gasteiger charge is 2.74. The lowest BCUT2D eigenvalue weighted by Crippen LogP contribution is -2.57.